The van der Waals surface area contributed by atoms with Crippen molar-refractivity contribution in [2.45, 2.75) is 13.8 Å². The van der Waals surface area contributed by atoms with Crippen molar-refractivity contribution >= 4 is 11.9 Å². The Morgan fingerprint density at radius 1 is 1.47 bits per heavy atom. The number of hydrogen-bond donors (Lipinski definition) is 0. The Morgan fingerprint density at radius 2 is 2.18 bits per heavy atom. The second-order valence-corrected chi connectivity index (χ2v) is 3.65. The Hall–Kier alpha value is -1.91. The number of rotatable bonds is 4. The highest BCUT2D eigenvalue weighted by Gasteiger charge is 2.15. The zero-order valence-corrected chi connectivity index (χ0v) is 10.3. The first-order chi connectivity index (χ1) is 8.04. The summed E-state index contributed by atoms with van der Waals surface area (Å²) in [7, 11) is 1.56. The fraction of sp³-hybridized carbons (Fsp3) is 0.417. The molecule has 17 heavy (non-hydrogen) atoms. The first-order valence-electron chi connectivity index (χ1n) is 5.38. The smallest absolute Gasteiger partial charge is 0.325 e. The lowest BCUT2D eigenvalue weighted by Crippen LogP contribution is -2.33. The molecule has 0 unspecified atom stereocenters. The molecule has 0 spiro atoms. The van der Waals surface area contributed by atoms with Crippen LogP contribution in [0.15, 0.2) is 18.3 Å². The predicted octanol–water partition coefficient (Wildman–Crippen LogP) is 1.03. The highest BCUT2D eigenvalue weighted by molar-refractivity contribution is 5.95. The standard InChI is InChI=1S/C12H16N2O3/c1-4-17-11(15)8-14(3)12(16)10-5-6-13-9(2)7-10/h5-7H,4,8H2,1-3H3. The minimum absolute atomic E-state index is 0.0476. The van der Waals surface area contributed by atoms with E-state index in [0.717, 1.165) is 5.69 Å². The summed E-state index contributed by atoms with van der Waals surface area (Å²) in [4.78, 5) is 28.5. The van der Waals surface area contributed by atoms with Gasteiger partial charge in [-0.3, -0.25) is 14.6 Å². The number of hydrogen-bond acceptors (Lipinski definition) is 4. The van der Waals surface area contributed by atoms with Crippen molar-refractivity contribution in [2.24, 2.45) is 0 Å². The zero-order valence-electron chi connectivity index (χ0n) is 10.3. The number of esters is 1. The summed E-state index contributed by atoms with van der Waals surface area (Å²) in [5.74, 6) is -0.627. The van der Waals surface area contributed by atoms with E-state index in [-0.39, 0.29) is 12.5 Å². The third-order valence-electron chi connectivity index (χ3n) is 2.16. The van der Waals surface area contributed by atoms with Gasteiger partial charge in [0.05, 0.1) is 6.61 Å². The lowest BCUT2D eigenvalue weighted by atomic mass is 10.2. The third-order valence-corrected chi connectivity index (χ3v) is 2.16. The monoisotopic (exact) mass is 236 g/mol. The van der Waals surface area contributed by atoms with Crippen molar-refractivity contribution < 1.29 is 14.3 Å². The first-order valence-corrected chi connectivity index (χ1v) is 5.38. The van der Waals surface area contributed by atoms with Crippen LogP contribution in [0.1, 0.15) is 23.0 Å². The fourth-order valence-corrected chi connectivity index (χ4v) is 1.37. The van der Waals surface area contributed by atoms with Gasteiger partial charge in [0.2, 0.25) is 0 Å². The number of carbonyl (C=O) groups excluding carboxylic acids is 2. The minimum atomic E-state index is -0.408. The van der Waals surface area contributed by atoms with E-state index in [0.29, 0.717) is 12.2 Å². The Bertz CT molecular complexity index is 418. The van der Waals surface area contributed by atoms with Gasteiger partial charge in [0.15, 0.2) is 0 Å². The second kappa shape index (κ2) is 5.98. The largest absolute Gasteiger partial charge is 0.465 e. The molecule has 0 N–H and O–H groups in total. The van der Waals surface area contributed by atoms with Crippen molar-refractivity contribution in [1.29, 1.82) is 0 Å². The van der Waals surface area contributed by atoms with E-state index in [2.05, 4.69) is 4.98 Å². The molecule has 0 fully saturated rings. The van der Waals surface area contributed by atoms with Gasteiger partial charge in [0.25, 0.3) is 5.91 Å². The Kier molecular flexibility index (Phi) is 4.63. The maximum atomic E-state index is 11.9. The van der Waals surface area contributed by atoms with E-state index < -0.39 is 5.97 Å². The second-order valence-electron chi connectivity index (χ2n) is 3.65. The summed E-state index contributed by atoms with van der Waals surface area (Å²) in [5.41, 5.74) is 1.28. The third kappa shape index (κ3) is 3.86. The van der Waals surface area contributed by atoms with Gasteiger partial charge in [0, 0.05) is 24.5 Å². The molecule has 1 rings (SSSR count). The number of pyridine rings is 1. The average Bonchev–Trinajstić information content (AvgIpc) is 2.28. The van der Waals surface area contributed by atoms with Crippen LogP contribution in [0.2, 0.25) is 0 Å². The SMILES string of the molecule is CCOC(=O)CN(C)C(=O)c1ccnc(C)c1. The molecule has 1 aromatic rings. The molecule has 5 heteroatoms. The van der Waals surface area contributed by atoms with Gasteiger partial charge in [-0.1, -0.05) is 0 Å². The Labute approximate surface area is 100 Å². The molecule has 0 atom stereocenters. The molecular weight excluding hydrogens is 220 g/mol. The minimum Gasteiger partial charge on any atom is -0.465 e. The van der Waals surface area contributed by atoms with Gasteiger partial charge in [-0.15, -0.1) is 0 Å². The van der Waals surface area contributed by atoms with Crippen molar-refractivity contribution in [2.75, 3.05) is 20.2 Å². The summed E-state index contributed by atoms with van der Waals surface area (Å²) >= 11 is 0. The highest BCUT2D eigenvalue weighted by atomic mass is 16.5. The van der Waals surface area contributed by atoms with Crippen LogP contribution in [0.4, 0.5) is 0 Å². The van der Waals surface area contributed by atoms with Gasteiger partial charge in [-0.05, 0) is 26.0 Å². The van der Waals surface area contributed by atoms with Gasteiger partial charge >= 0.3 is 5.97 Å². The lowest BCUT2D eigenvalue weighted by Gasteiger charge is -2.16. The molecule has 0 aromatic carbocycles. The summed E-state index contributed by atoms with van der Waals surface area (Å²) in [6, 6.07) is 3.31. The van der Waals surface area contributed by atoms with Crippen LogP contribution < -0.4 is 0 Å². The first kappa shape index (κ1) is 13.2. The maximum absolute atomic E-state index is 11.9. The molecule has 1 heterocycles. The number of aromatic nitrogens is 1. The molecule has 1 aromatic heterocycles. The van der Waals surface area contributed by atoms with Crippen molar-refractivity contribution in [3.63, 3.8) is 0 Å². The quantitative estimate of drug-likeness (QED) is 0.732. The maximum Gasteiger partial charge on any atom is 0.325 e. The molecule has 0 saturated carbocycles. The topological polar surface area (TPSA) is 59.5 Å². The zero-order chi connectivity index (χ0) is 12.8. The molecule has 0 aliphatic carbocycles. The van der Waals surface area contributed by atoms with Crippen molar-refractivity contribution in [3.05, 3.63) is 29.6 Å². The molecule has 0 bridgehead atoms. The van der Waals surface area contributed by atoms with E-state index in [4.69, 9.17) is 4.74 Å². The number of ether oxygens (including phenoxy) is 1. The number of amides is 1. The van der Waals surface area contributed by atoms with E-state index in [1.54, 1.807) is 32.3 Å². The van der Waals surface area contributed by atoms with Gasteiger partial charge in [-0.25, -0.2) is 0 Å². The van der Waals surface area contributed by atoms with E-state index >= 15 is 0 Å². The van der Waals surface area contributed by atoms with Crippen molar-refractivity contribution in [3.8, 4) is 0 Å². The lowest BCUT2D eigenvalue weighted by molar-refractivity contribution is -0.143. The molecule has 92 valence electrons. The van der Waals surface area contributed by atoms with Crippen LogP contribution >= 0.6 is 0 Å². The Balaban J connectivity index is 2.67. The Morgan fingerprint density at radius 3 is 2.76 bits per heavy atom. The fourth-order valence-electron chi connectivity index (χ4n) is 1.37. The van der Waals surface area contributed by atoms with Crippen LogP contribution in [-0.2, 0) is 9.53 Å². The molecule has 0 aliphatic heterocycles. The number of carbonyl (C=O) groups is 2. The summed E-state index contributed by atoms with van der Waals surface area (Å²) < 4.78 is 4.78. The normalized spacial score (nSPS) is 9.82. The molecule has 5 nitrogen and oxygen atoms in total. The van der Waals surface area contributed by atoms with Crippen LogP contribution in [0.3, 0.4) is 0 Å². The van der Waals surface area contributed by atoms with E-state index in [9.17, 15) is 9.59 Å². The van der Waals surface area contributed by atoms with Crippen LogP contribution in [0, 0.1) is 6.92 Å². The molecule has 1 amide bonds. The van der Waals surface area contributed by atoms with Crippen LogP contribution in [-0.4, -0.2) is 42.0 Å². The highest BCUT2D eigenvalue weighted by Crippen LogP contribution is 2.04. The summed E-state index contributed by atoms with van der Waals surface area (Å²) in [6.07, 6.45) is 1.57. The number of aryl methyl sites for hydroxylation is 1. The van der Waals surface area contributed by atoms with Crippen molar-refractivity contribution in [1.82, 2.24) is 9.88 Å². The molecule has 0 radical (unpaired) electrons. The molecule has 0 aliphatic rings. The molecular formula is C12H16N2O3. The van der Waals surface area contributed by atoms with E-state index in [1.165, 1.54) is 4.90 Å². The molecule has 0 saturated heterocycles. The van der Waals surface area contributed by atoms with Crippen LogP contribution in [0.25, 0.3) is 0 Å². The number of nitrogens with zero attached hydrogens (tertiary/aromatic N) is 2. The summed E-state index contributed by atoms with van der Waals surface area (Å²) in [6.45, 7) is 3.80. The summed E-state index contributed by atoms with van der Waals surface area (Å²) in [5, 5.41) is 0. The predicted molar refractivity (Wildman–Crippen MR) is 62.6 cm³/mol. The van der Waals surface area contributed by atoms with Gasteiger partial charge in [0.1, 0.15) is 6.54 Å². The number of likely N-dealkylation sites (N-methyl/N-ethyl adjacent to an activating group) is 1. The van der Waals surface area contributed by atoms with Gasteiger partial charge < -0.3 is 9.64 Å². The van der Waals surface area contributed by atoms with Gasteiger partial charge in [-0.2, -0.15) is 0 Å². The van der Waals surface area contributed by atoms with Crippen LogP contribution in [0.5, 0.6) is 0 Å². The van der Waals surface area contributed by atoms with E-state index in [1.807, 2.05) is 6.92 Å². The average molecular weight is 236 g/mol.